The SMILES string of the molecule is CCCNCc1ccc(F)c(-c2c(F)cccc2F)c1. The molecule has 2 rings (SSSR count). The van der Waals surface area contributed by atoms with E-state index in [2.05, 4.69) is 5.32 Å². The minimum absolute atomic E-state index is 0.0450. The number of hydrogen-bond acceptors (Lipinski definition) is 1. The van der Waals surface area contributed by atoms with Crippen molar-refractivity contribution < 1.29 is 13.2 Å². The zero-order valence-corrected chi connectivity index (χ0v) is 11.2. The first-order valence-corrected chi connectivity index (χ1v) is 6.57. The van der Waals surface area contributed by atoms with Gasteiger partial charge in [0.05, 0.1) is 5.56 Å². The predicted molar refractivity (Wildman–Crippen MR) is 73.7 cm³/mol. The van der Waals surface area contributed by atoms with Crippen molar-refractivity contribution >= 4 is 0 Å². The summed E-state index contributed by atoms with van der Waals surface area (Å²) in [4.78, 5) is 0. The summed E-state index contributed by atoms with van der Waals surface area (Å²) < 4.78 is 41.3. The summed E-state index contributed by atoms with van der Waals surface area (Å²) in [7, 11) is 0. The lowest BCUT2D eigenvalue weighted by molar-refractivity contribution is 0.581. The van der Waals surface area contributed by atoms with Crippen LogP contribution >= 0.6 is 0 Å². The van der Waals surface area contributed by atoms with E-state index < -0.39 is 17.5 Å². The Hall–Kier alpha value is -1.81. The van der Waals surface area contributed by atoms with Gasteiger partial charge in [-0.05, 0) is 42.8 Å². The molecule has 0 bridgehead atoms. The van der Waals surface area contributed by atoms with Crippen LogP contribution in [0.25, 0.3) is 11.1 Å². The average Bonchev–Trinajstić information content (AvgIpc) is 2.42. The lowest BCUT2D eigenvalue weighted by atomic mass is 10.0. The minimum Gasteiger partial charge on any atom is -0.313 e. The molecule has 0 aliphatic rings. The highest BCUT2D eigenvalue weighted by atomic mass is 19.1. The Morgan fingerprint density at radius 3 is 2.30 bits per heavy atom. The van der Waals surface area contributed by atoms with Gasteiger partial charge in [-0.3, -0.25) is 0 Å². The summed E-state index contributed by atoms with van der Waals surface area (Å²) in [6.07, 6.45) is 0.982. The number of nitrogens with one attached hydrogen (secondary N) is 1. The monoisotopic (exact) mass is 279 g/mol. The van der Waals surface area contributed by atoms with Crippen LogP contribution in [0.3, 0.4) is 0 Å². The van der Waals surface area contributed by atoms with Crippen LogP contribution in [0.15, 0.2) is 36.4 Å². The molecule has 0 saturated heterocycles. The van der Waals surface area contributed by atoms with E-state index in [-0.39, 0.29) is 11.1 Å². The molecule has 0 spiro atoms. The first kappa shape index (κ1) is 14.6. The van der Waals surface area contributed by atoms with E-state index in [1.807, 2.05) is 6.92 Å². The van der Waals surface area contributed by atoms with Gasteiger partial charge >= 0.3 is 0 Å². The maximum atomic E-state index is 13.8. The lowest BCUT2D eigenvalue weighted by Crippen LogP contribution is -2.13. The summed E-state index contributed by atoms with van der Waals surface area (Å²) in [5, 5.41) is 3.17. The van der Waals surface area contributed by atoms with Crippen LogP contribution in [0.4, 0.5) is 13.2 Å². The molecule has 1 N–H and O–H groups in total. The van der Waals surface area contributed by atoms with Gasteiger partial charge in [-0.2, -0.15) is 0 Å². The van der Waals surface area contributed by atoms with Crippen LogP contribution in [0.1, 0.15) is 18.9 Å². The van der Waals surface area contributed by atoms with Crippen molar-refractivity contribution in [1.29, 1.82) is 0 Å². The van der Waals surface area contributed by atoms with Gasteiger partial charge in [-0.15, -0.1) is 0 Å². The van der Waals surface area contributed by atoms with Gasteiger partial charge < -0.3 is 5.32 Å². The molecule has 1 nitrogen and oxygen atoms in total. The number of benzene rings is 2. The van der Waals surface area contributed by atoms with E-state index in [9.17, 15) is 13.2 Å². The van der Waals surface area contributed by atoms with Crippen LogP contribution in [0, 0.1) is 17.5 Å². The Balaban J connectivity index is 2.38. The second-order valence-corrected chi connectivity index (χ2v) is 4.59. The molecule has 0 saturated carbocycles. The smallest absolute Gasteiger partial charge is 0.134 e. The molecule has 0 heterocycles. The molecule has 4 heteroatoms. The fourth-order valence-corrected chi connectivity index (χ4v) is 2.04. The zero-order valence-electron chi connectivity index (χ0n) is 11.2. The Morgan fingerprint density at radius 1 is 0.950 bits per heavy atom. The van der Waals surface area contributed by atoms with Crippen LogP contribution in [-0.4, -0.2) is 6.54 Å². The molecule has 0 atom stereocenters. The first-order chi connectivity index (χ1) is 9.63. The highest BCUT2D eigenvalue weighted by molar-refractivity contribution is 5.66. The van der Waals surface area contributed by atoms with Crippen molar-refractivity contribution in [3.63, 3.8) is 0 Å². The molecule has 0 amide bonds. The molecule has 0 fully saturated rings. The first-order valence-electron chi connectivity index (χ1n) is 6.57. The highest BCUT2D eigenvalue weighted by Gasteiger charge is 2.15. The van der Waals surface area contributed by atoms with Gasteiger partial charge in [0.2, 0.25) is 0 Å². The van der Waals surface area contributed by atoms with E-state index in [0.717, 1.165) is 30.7 Å². The van der Waals surface area contributed by atoms with Crippen molar-refractivity contribution in [1.82, 2.24) is 5.32 Å². The Bertz CT molecular complexity index is 576. The van der Waals surface area contributed by atoms with Gasteiger partial charge in [0.15, 0.2) is 0 Å². The maximum Gasteiger partial charge on any atom is 0.134 e. The number of rotatable bonds is 5. The molecular formula is C16H16F3N. The Morgan fingerprint density at radius 2 is 1.65 bits per heavy atom. The predicted octanol–water partition coefficient (Wildman–Crippen LogP) is 4.27. The zero-order chi connectivity index (χ0) is 14.5. The fourth-order valence-electron chi connectivity index (χ4n) is 2.04. The molecular weight excluding hydrogens is 263 g/mol. The van der Waals surface area contributed by atoms with Gasteiger partial charge in [-0.25, -0.2) is 13.2 Å². The van der Waals surface area contributed by atoms with Crippen LogP contribution in [0.5, 0.6) is 0 Å². The average molecular weight is 279 g/mol. The molecule has 0 unspecified atom stereocenters. The largest absolute Gasteiger partial charge is 0.313 e. The second-order valence-electron chi connectivity index (χ2n) is 4.59. The second kappa shape index (κ2) is 6.57. The molecule has 2 aromatic rings. The van der Waals surface area contributed by atoms with Crippen LogP contribution in [0.2, 0.25) is 0 Å². The third kappa shape index (κ3) is 3.20. The topological polar surface area (TPSA) is 12.0 Å². The van der Waals surface area contributed by atoms with Crippen molar-refractivity contribution in [3.05, 3.63) is 59.4 Å². The van der Waals surface area contributed by atoms with E-state index in [0.29, 0.717) is 6.54 Å². The maximum absolute atomic E-state index is 13.8. The quantitative estimate of drug-likeness (QED) is 0.806. The third-order valence-corrected chi connectivity index (χ3v) is 3.02. The molecule has 106 valence electrons. The van der Waals surface area contributed by atoms with E-state index >= 15 is 0 Å². The van der Waals surface area contributed by atoms with Crippen molar-refractivity contribution in [2.75, 3.05) is 6.54 Å². The normalized spacial score (nSPS) is 10.8. The molecule has 0 radical (unpaired) electrons. The van der Waals surface area contributed by atoms with E-state index in [1.165, 1.54) is 18.2 Å². The standard InChI is InChI=1S/C16H16F3N/c1-2-8-20-10-11-6-7-13(17)12(9-11)16-14(18)4-3-5-15(16)19/h3-7,9,20H,2,8,10H2,1H3. The minimum atomic E-state index is -0.762. The van der Waals surface area contributed by atoms with E-state index in [1.54, 1.807) is 6.07 Å². The molecule has 0 aliphatic carbocycles. The summed E-state index contributed by atoms with van der Waals surface area (Å²) >= 11 is 0. The van der Waals surface area contributed by atoms with Crippen LogP contribution in [-0.2, 0) is 6.54 Å². The molecule has 0 aromatic heterocycles. The summed E-state index contributed by atoms with van der Waals surface area (Å²) in [5.74, 6) is -2.15. The lowest BCUT2D eigenvalue weighted by Gasteiger charge is -2.09. The molecule has 20 heavy (non-hydrogen) atoms. The van der Waals surface area contributed by atoms with Gasteiger partial charge in [-0.1, -0.05) is 19.1 Å². The van der Waals surface area contributed by atoms with Crippen molar-refractivity contribution in [2.45, 2.75) is 19.9 Å². The highest BCUT2D eigenvalue weighted by Crippen LogP contribution is 2.29. The van der Waals surface area contributed by atoms with Crippen molar-refractivity contribution in [3.8, 4) is 11.1 Å². The van der Waals surface area contributed by atoms with Crippen LogP contribution < -0.4 is 5.32 Å². The summed E-state index contributed by atoms with van der Waals surface area (Å²) in [6.45, 7) is 3.41. The fraction of sp³-hybridized carbons (Fsp3) is 0.250. The number of halogens is 3. The number of hydrogen-bond donors (Lipinski definition) is 1. The van der Waals surface area contributed by atoms with Gasteiger partial charge in [0.25, 0.3) is 0 Å². The molecule has 0 aliphatic heterocycles. The van der Waals surface area contributed by atoms with Gasteiger partial charge in [0.1, 0.15) is 17.5 Å². The van der Waals surface area contributed by atoms with E-state index in [4.69, 9.17) is 0 Å². The van der Waals surface area contributed by atoms with Gasteiger partial charge in [0, 0.05) is 12.1 Å². The third-order valence-electron chi connectivity index (χ3n) is 3.02. The molecule has 2 aromatic carbocycles. The summed E-state index contributed by atoms with van der Waals surface area (Å²) in [5.41, 5.74) is 0.427. The summed E-state index contributed by atoms with van der Waals surface area (Å²) in [6, 6.07) is 7.85. The Kier molecular flexibility index (Phi) is 4.79. The van der Waals surface area contributed by atoms with Crippen molar-refractivity contribution in [2.24, 2.45) is 0 Å². The Labute approximate surface area is 116 Å².